The van der Waals surface area contributed by atoms with Crippen LogP contribution in [0.5, 0.6) is 0 Å². The van der Waals surface area contributed by atoms with Crippen molar-refractivity contribution >= 4 is 33.0 Å². The lowest BCUT2D eigenvalue weighted by Crippen LogP contribution is -1.89. The molecule has 2 aromatic carbocycles. The maximum atomic E-state index is 4.50. The van der Waals surface area contributed by atoms with Crippen LogP contribution in [0.1, 0.15) is 11.1 Å². The number of hydrogen-bond acceptors (Lipinski definition) is 1. The van der Waals surface area contributed by atoms with Gasteiger partial charge in [-0.05, 0) is 35.7 Å². The fraction of sp³-hybridized carbons (Fsp3) is 0.118. The van der Waals surface area contributed by atoms with Gasteiger partial charge in [-0.3, -0.25) is 4.99 Å². The molecule has 0 aliphatic carbocycles. The fourth-order valence-electron chi connectivity index (χ4n) is 2.24. The molecule has 0 saturated heterocycles. The third-order valence-corrected chi connectivity index (χ3v) is 3.82. The van der Waals surface area contributed by atoms with Crippen LogP contribution in [-0.4, -0.2) is 17.7 Å². The maximum absolute atomic E-state index is 4.50. The van der Waals surface area contributed by atoms with Gasteiger partial charge in [0.2, 0.25) is 0 Å². The van der Waals surface area contributed by atoms with Gasteiger partial charge in [0.1, 0.15) is 0 Å². The molecule has 0 bridgehead atoms. The molecule has 0 unspecified atom stereocenters. The molecule has 2 nitrogen and oxygen atoms in total. The summed E-state index contributed by atoms with van der Waals surface area (Å²) in [5, 5.41) is 1.30. The Morgan fingerprint density at radius 3 is 2.70 bits per heavy atom. The molecule has 1 aromatic heterocycles. The van der Waals surface area contributed by atoms with Crippen molar-refractivity contribution in [2.24, 2.45) is 4.99 Å². The Bertz CT molecular complexity index is 726. The van der Waals surface area contributed by atoms with Crippen LogP contribution in [0.2, 0.25) is 0 Å². The first kappa shape index (κ1) is 13.1. The summed E-state index contributed by atoms with van der Waals surface area (Å²) < 4.78 is 1.09. The summed E-state index contributed by atoms with van der Waals surface area (Å²) in [6.45, 7) is 0.803. The van der Waals surface area contributed by atoms with E-state index in [-0.39, 0.29) is 0 Å². The smallest absolute Gasteiger partial charge is 0.0456 e. The van der Waals surface area contributed by atoms with Gasteiger partial charge in [0.05, 0.1) is 0 Å². The van der Waals surface area contributed by atoms with E-state index in [0.717, 1.165) is 23.0 Å². The lowest BCUT2D eigenvalue weighted by molar-refractivity contribution is 0.981. The first-order valence-electron chi connectivity index (χ1n) is 6.63. The topological polar surface area (TPSA) is 28.1 Å². The quantitative estimate of drug-likeness (QED) is 0.679. The van der Waals surface area contributed by atoms with E-state index >= 15 is 0 Å². The summed E-state index contributed by atoms with van der Waals surface area (Å²) in [4.78, 5) is 7.79. The molecule has 1 N–H and O–H groups in total. The summed E-state index contributed by atoms with van der Waals surface area (Å²) >= 11 is 3.43. The largest absolute Gasteiger partial charge is 0.361 e. The lowest BCUT2D eigenvalue weighted by atomic mass is 10.1. The molecule has 100 valence electrons. The fourth-order valence-corrected chi connectivity index (χ4v) is 2.51. The normalized spacial score (nSPS) is 11.4. The number of halogens is 1. The summed E-state index contributed by atoms with van der Waals surface area (Å²) in [5.74, 6) is 0. The van der Waals surface area contributed by atoms with Gasteiger partial charge in [-0.2, -0.15) is 0 Å². The second kappa shape index (κ2) is 6.06. The number of fused-ring (bicyclic) bond motifs is 1. The molecule has 3 heteroatoms. The Hall–Kier alpha value is -1.87. The number of H-pyrrole nitrogens is 1. The van der Waals surface area contributed by atoms with Crippen LogP contribution < -0.4 is 0 Å². The van der Waals surface area contributed by atoms with Crippen molar-refractivity contribution in [2.45, 2.75) is 6.42 Å². The van der Waals surface area contributed by atoms with Crippen LogP contribution in [-0.2, 0) is 6.42 Å². The second-order valence-corrected chi connectivity index (χ2v) is 5.61. The number of benzene rings is 2. The van der Waals surface area contributed by atoms with Crippen molar-refractivity contribution < 1.29 is 0 Å². The van der Waals surface area contributed by atoms with E-state index in [9.17, 15) is 0 Å². The first-order valence-corrected chi connectivity index (χ1v) is 7.42. The molecule has 0 aliphatic heterocycles. The minimum Gasteiger partial charge on any atom is -0.361 e. The molecule has 0 aliphatic rings. The predicted molar refractivity (Wildman–Crippen MR) is 88.6 cm³/mol. The number of nitrogens with one attached hydrogen (secondary N) is 1. The Morgan fingerprint density at radius 1 is 1.05 bits per heavy atom. The standard InChI is InChI=1S/C17H15BrN2/c18-15-7-5-13(6-8-15)11-19-10-9-14-12-20-17-4-2-1-3-16(14)17/h1-8,11-12,20H,9-10H2. The van der Waals surface area contributed by atoms with Gasteiger partial charge < -0.3 is 4.98 Å². The predicted octanol–water partition coefficient (Wildman–Crippen LogP) is 4.59. The molecule has 0 radical (unpaired) electrons. The maximum Gasteiger partial charge on any atom is 0.0456 e. The van der Waals surface area contributed by atoms with Crippen LogP contribution in [0.4, 0.5) is 0 Å². The molecule has 1 heterocycles. The van der Waals surface area contributed by atoms with Gasteiger partial charge in [-0.15, -0.1) is 0 Å². The third kappa shape index (κ3) is 2.99. The molecule has 0 spiro atoms. The lowest BCUT2D eigenvalue weighted by Gasteiger charge is -1.96. The average molecular weight is 327 g/mol. The van der Waals surface area contributed by atoms with Gasteiger partial charge in [0, 0.05) is 34.3 Å². The highest BCUT2D eigenvalue weighted by atomic mass is 79.9. The average Bonchev–Trinajstić information content (AvgIpc) is 2.89. The van der Waals surface area contributed by atoms with Gasteiger partial charge >= 0.3 is 0 Å². The second-order valence-electron chi connectivity index (χ2n) is 4.70. The monoisotopic (exact) mass is 326 g/mol. The molecule has 0 saturated carbocycles. The molecule has 3 aromatic rings. The zero-order valence-electron chi connectivity index (χ0n) is 11.0. The van der Waals surface area contributed by atoms with Gasteiger partial charge in [-0.25, -0.2) is 0 Å². The van der Waals surface area contributed by atoms with E-state index in [1.54, 1.807) is 0 Å². The molecular weight excluding hydrogens is 312 g/mol. The van der Waals surface area contributed by atoms with Crippen LogP contribution in [0.15, 0.2) is 64.2 Å². The molecule has 20 heavy (non-hydrogen) atoms. The number of aromatic amines is 1. The minimum atomic E-state index is 0.803. The summed E-state index contributed by atoms with van der Waals surface area (Å²) in [6.07, 6.45) is 4.97. The zero-order chi connectivity index (χ0) is 13.8. The van der Waals surface area contributed by atoms with Crippen LogP contribution >= 0.6 is 15.9 Å². The van der Waals surface area contributed by atoms with Crippen molar-refractivity contribution in [3.63, 3.8) is 0 Å². The van der Waals surface area contributed by atoms with Crippen molar-refractivity contribution in [1.82, 2.24) is 4.98 Å². The van der Waals surface area contributed by atoms with Crippen LogP contribution in [0, 0.1) is 0 Å². The van der Waals surface area contributed by atoms with Crippen molar-refractivity contribution in [1.29, 1.82) is 0 Å². The number of aromatic nitrogens is 1. The summed E-state index contributed by atoms with van der Waals surface area (Å²) in [7, 11) is 0. The third-order valence-electron chi connectivity index (χ3n) is 3.30. The van der Waals surface area contributed by atoms with Gasteiger partial charge in [-0.1, -0.05) is 46.3 Å². The van der Waals surface area contributed by atoms with Crippen molar-refractivity contribution in [2.75, 3.05) is 6.54 Å². The van der Waals surface area contributed by atoms with E-state index in [1.807, 2.05) is 24.4 Å². The molecule has 0 amide bonds. The van der Waals surface area contributed by atoms with Gasteiger partial charge in [0.25, 0.3) is 0 Å². The summed E-state index contributed by atoms with van der Waals surface area (Å²) in [5.41, 5.74) is 3.65. The molecule has 0 atom stereocenters. The number of nitrogens with zero attached hydrogens (tertiary/aromatic N) is 1. The molecule has 0 fully saturated rings. The Labute approximate surface area is 126 Å². The number of rotatable bonds is 4. The van der Waals surface area contributed by atoms with E-state index in [0.29, 0.717) is 0 Å². The summed E-state index contributed by atoms with van der Waals surface area (Å²) in [6, 6.07) is 16.5. The SMILES string of the molecule is Brc1ccc(C=NCCc2c[nH]c3ccccc23)cc1. The Morgan fingerprint density at radius 2 is 1.85 bits per heavy atom. The van der Waals surface area contributed by atoms with Crippen LogP contribution in [0.25, 0.3) is 10.9 Å². The highest BCUT2D eigenvalue weighted by Gasteiger charge is 2.01. The van der Waals surface area contributed by atoms with E-state index in [1.165, 1.54) is 16.5 Å². The number of para-hydroxylation sites is 1. The molecular formula is C17H15BrN2. The Kier molecular flexibility index (Phi) is 3.97. The van der Waals surface area contributed by atoms with E-state index < -0.39 is 0 Å². The van der Waals surface area contributed by atoms with E-state index in [4.69, 9.17) is 0 Å². The van der Waals surface area contributed by atoms with Crippen molar-refractivity contribution in [3.05, 3.63) is 70.3 Å². The molecule has 3 rings (SSSR count). The van der Waals surface area contributed by atoms with Crippen LogP contribution in [0.3, 0.4) is 0 Å². The first-order chi connectivity index (χ1) is 9.83. The Balaban J connectivity index is 1.64. The number of hydrogen-bond donors (Lipinski definition) is 1. The number of aliphatic imine (C=N–C) groups is 1. The highest BCUT2D eigenvalue weighted by Crippen LogP contribution is 2.18. The van der Waals surface area contributed by atoms with E-state index in [2.05, 4.69) is 62.4 Å². The minimum absolute atomic E-state index is 0.803. The zero-order valence-corrected chi connectivity index (χ0v) is 12.6. The van der Waals surface area contributed by atoms with Gasteiger partial charge in [0.15, 0.2) is 0 Å². The highest BCUT2D eigenvalue weighted by molar-refractivity contribution is 9.10. The van der Waals surface area contributed by atoms with Crippen molar-refractivity contribution in [3.8, 4) is 0 Å².